The van der Waals surface area contributed by atoms with Crippen LogP contribution in [-0.2, 0) is 0 Å². The average Bonchev–Trinajstić information content (AvgIpc) is 2.46. The predicted molar refractivity (Wildman–Crippen MR) is 73.1 cm³/mol. The van der Waals surface area contributed by atoms with Crippen molar-refractivity contribution in [3.8, 4) is 6.07 Å². The predicted octanol–water partition coefficient (Wildman–Crippen LogP) is 3.24. The highest BCUT2D eigenvalue weighted by atomic mass is 16.6. The van der Waals surface area contributed by atoms with Crippen LogP contribution in [0.4, 0.5) is 11.4 Å². The molecular formula is C14H17N3O2. The molecule has 1 aliphatic rings. The third kappa shape index (κ3) is 2.68. The molecule has 0 amide bonds. The lowest BCUT2D eigenvalue weighted by molar-refractivity contribution is -0.385. The monoisotopic (exact) mass is 259 g/mol. The molecule has 5 nitrogen and oxygen atoms in total. The topological polar surface area (TPSA) is 70.2 Å². The van der Waals surface area contributed by atoms with E-state index < -0.39 is 4.92 Å². The first kappa shape index (κ1) is 13.3. The van der Waals surface area contributed by atoms with E-state index in [-0.39, 0.29) is 11.3 Å². The third-order valence-corrected chi connectivity index (χ3v) is 3.73. The van der Waals surface area contributed by atoms with Gasteiger partial charge in [0.25, 0.3) is 5.69 Å². The van der Waals surface area contributed by atoms with Gasteiger partial charge in [-0.25, -0.2) is 0 Å². The summed E-state index contributed by atoms with van der Waals surface area (Å²) in [7, 11) is 0. The van der Waals surface area contributed by atoms with Crippen molar-refractivity contribution in [3.05, 3.63) is 33.9 Å². The van der Waals surface area contributed by atoms with E-state index in [0.29, 0.717) is 6.04 Å². The Morgan fingerprint density at radius 1 is 1.53 bits per heavy atom. The van der Waals surface area contributed by atoms with Crippen LogP contribution in [0.15, 0.2) is 18.2 Å². The van der Waals surface area contributed by atoms with Crippen molar-refractivity contribution in [2.24, 2.45) is 0 Å². The molecule has 1 aliphatic heterocycles. The molecule has 0 N–H and O–H groups in total. The first-order valence-corrected chi connectivity index (χ1v) is 6.62. The smallest absolute Gasteiger partial charge is 0.287 e. The average molecular weight is 259 g/mol. The van der Waals surface area contributed by atoms with Crippen LogP contribution in [0.25, 0.3) is 0 Å². The number of nitriles is 1. The van der Waals surface area contributed by atoms with Gasteiger partial charge in [-0.05, 0) is 37.8 Å². The molecule has 100 valence electrons. The van der Waals surface area contributed by atoms with Gasteiger partial charge in [-0.15, -0.1) is 0 Å². The SMILES string of the molecule is CCC1CCCCN1c1ccc([N+](=O)[O-])c(C#N)c1. The number of nitro groups is 1. The van der Waals surface area contributed by atoms with Gasteiger partial charge in [-0.1, -0.05) is 6.92 Å². The third-order valence-electron chi connectivity index (χ3n) is 3.73. The molecule has 1 saturated heterocycles. The van der Waals surface area contributed by atoms with Crippen molar-refractivity contribution in [3.63, 3.8) is 0 Å². The Labute approximate surface area is 112 Å². The highest BCUT2D eigenvalue weighted by Gasteiger charge is 2.23. The summed E-state index contributed by atoms with van der Waals surface area (Å²) in [5.74, 6) is 0. The Morgan fingerprint density at radius 2 is 2.32 bits per heavy atom. The number of piperidine rings is 1. The maximum atomic E-state index is 10.8. The van der Waals surface area contributed by atoms with Gasteiger partial charge in [-0.3, -0.25) is 10.1 Å². The minimum atomic E-state index is -0.504. The fourth-order valence-electron chi connectivity index (χ4n) is 2.72. The standard InChI is InChI=1S/C14H17N3O2/c1-2-12-5-3-4-8-16(12)13-6-7-14(17(18)19)11(9-13)10-15/h6-7,9,12H,2-5,8H2,1H3. The van der Waals surface area contributed by atoms with E-state index in [9.17, 15) is 10.1 Å². The normalized spacial score (nSPS) is 18.9. The number of anilines is 1. The fraction of sp³-hybridized carbons (Fsp3) is 0.500. The van der Waals surface area contributed by atoms with Gasteiger partial charge in [0, 0.05) is 24.3 Å². The largest absolute Gasteiger partial charge is 0.369 e. The molecule has 2 rings (SSSR count). The van der Waals surface area contributed by atoms with Gasteiger partial charge in [0.2, 0.25) is 0 Å². The van der Waals surface area contributed by atoms with E-state index in [0.717, 1.165) is 31.5 Å². The second-order valence-corrected chi connectivity index (χ2v) is 4.82. The van der Waals surface area contributed by atoms with Crippen molar-refractivity contribution < 1.29 is 4.92 Å². The number of nitrogens with zero attached hydrogens (tertiary/aromatic N) is 3. The molecule has 1 atom stereocenters. The second kappa shape index (κ2) is 5.70. The zero-order valence-electron chi connectivity index (χ0n) is 11.0. The van der Waals surface area contributed by atoms with E-state index in [1.54, 1.807) is 12.1 Å². The van der Waals surface area contributed by atoms with Gasteiger partial charge in [-0.2, -0.15) is 5.26 Å². The Balaban J connectivity index is 2.35. The van der Waals surface area contributed by atoms with E-state index in [1.807, 2.05) is 6.07 Å². The fourth-order valence-corrected chi connectivity index (χ4v) is 2.72. The van der Waals surface area contributed by atoms with Crippen molar-refractivity contribution in [1.82, 2.24) is 0 Å². The number of hydrogen-bond acceptors (Lipinski definition) is 4. The zero-order chi connectivity index (χ0) is 13.8. The Bertz CT molecular complexity index is 522. The van der Waals surface area contributed by atoms with Crippen molar-refractivity contribution >= 4 is 11.4 Å². The Kier molecular flexibility index (Phi) is 4.00. The van der Waals surface area contributed by atoms with Crippen molar-refractivity contribution in [2.45, 2.75) is 38.6 Å². The van der Waals surface area contributed by atoms with Crippen LogP contribution >= 0.6 is 0 Å². The molecule has 1 heterocycles. The number of rotatable bonds is 3. The molecule has 1 aromatic carbocycles. The maximum Gasteiger partial charge on any atom is 0.287 e. The summed E-state index contributed by atoms with van der Waals surface area (Å²) in [5.41, 5.74) is 0.952. The molecule has 0 radical (unpaired) electrons. The van der Waals surface area contributed by atoms with E-state index in [1.165, 1.54) is 12.5 Å². The zero-order valence-corrected chi connectivity index (χ0v) is 11.0. The number of nitro benzene ring substituents is 1. The quantitative estimate of drug-likeness (QED) is 0.617. The molecule has 0 saturated carbocycles. The van der Waals surface area contributed by atoms with Crippen LogP contribution in [0.3, 0.4) is 0 Å². The molecule has 0 aromatic heterocycles. The lowest BCUT2D eigenvalue weighted by Crippen LogP contribution is -2.39. The van der Waals surface area contributed by atoms with Gasteiger partial charge in [0.1, 0.15) is 11.6 Å². The minimum Gasteiger partial charge on any atom is -0.369 e. The van der Waals surface area contributed by atoms with Crippen LogP contribution in [0.1, 0.15) is 38.2 Å². The van der Waals surface area contributed by atoms with E-state index in [2.05, 4.69) is 11.8 Å². The molecule has 0 spiro atoms. The van der Waals surface area contributed by atoms with Gasteiger partial charge < -0.3 is 4.90 Å². The summed E-state index contributed by atoms with van der Waals surface area (Å²) in [6, 6.07) is 7.24. The summed E-state index contributed by atoms with van der Waals surface area (Å²) in [6.07, 6.45) is 4.57. The van der Waals surface area contributed by atoms with Gasteiger partial charge >= 0.3 is 0 Å². The second-order valence-electron chi connectivity index (χ2n) is 4.82. The lowest BCUT2D eigenvalue weighted by Gasteiger charge is -2.37. The van der Waals surface area contributed by atoms with E-state index >= 15 is 0 Å². The van der Waals surface area contributed by atoms with Crippen LogP contribution in [0.2, 0.25) is 0 Å². The van der Waals surface area contributed by atoms with Crippen LogP contribution in [-0.4, -0.2) is 17.5 Å². The van der Waals surface area contributed by atoms with Crippen LogP contribution in [0.5, 0.6) is 0 Å². The number of benzene rings is 1. The molecule has 1 aromatic rings. The summed E-state index contributed by atoms with van der Waals surface area (Å²) in [6.45, 7) is 3.11. The molecule has 0 aliphatic carbocycles. The van der Waals surface area contributed by atoms with Crippen molar-refractivity contribution in [2.75, 3.05) is 11.4 Å². The summed E-state index contributed by atoms with van der Waals surface area (Å²) < 4.78 is 0. The summed E-state index contributed by atoms with van der Waals surface area (Å²) in [4.78, 5) is 12.6. The van der Waals surface area contributed by atoms with Crippen LogP contribution < -0.4 is 4.90 Å². The van der Waals surface area contributed by atoms with Crippen LogP contribution in [0, 0.1) is 21.4 Å². The Morgan fingerprint density at radius 3 is 2.95 bits per heavy atom. The molecule has 1 fully saturated rings. The molecule has 0 bridgehead atoms. The summed E-state index contributed by atoms with van der Waals surface area (Å²) >= 11 is 0. The van der Waals surface area contributed by atoms with Gasteiger partial charge in [0.05, 0.1) is 4.92 Å². The van der Waals surface area contributed by atoms with Crippen molar-refractivity contribution in [1.29, 1.82) is 5.26 Å². The molecule has 19 heavy (non-hydrogen) atoms. The highest BCUT2D eigenvalue weighted by Crippen LogP contribution is 2.30. The lowest BCUT2D eigenvalue weighted by atomic mass is 9.98. The molecule has 1 unspecified atom stereocenters. The minimum absolute atomic E-state index is 0.115. The first-order valence-electron chi connectivity index (χ1n) is 6.62. The van der Waals surface area contributed by atoms with E-state index in [4.69, 9.17) is 5.26 Å². The Hall–Kier alpha value is -2.09. The van der Waals surface area contributed by atoms with Gasteiger partial charge in [0.15, 0.2) is 0 Å². The summed E-state index contributed by atoms with van der Waals surface area (Å²) in [5, 5.41) is 19.9. The highest BCUT2D eigenvalue weighted by molar-refractivity contribution is 5.60. The maximum absolute atomic E-state index is 10.8. The first-order chi connectivity index (χ1) is 9.17. The molecule has 5 heteroatoms. The number of hydrogen-bond donors (Lipinski definition) is 0. The molecular weight excluding hydrogens is 242 g/mol.